The molecule has 0 atom stereocenters. The molecule has 0 radical (unpaired) electrons. The van der Waals surface area contributed by atoms with Crippen LogP contribution in [0.2, 0.25) is 0 Å². The maximum absolute atomic E-state index is 11.6. The number of hydrogen-bond donors (Lipinski definition) is 0. The zero-order chi connectivity index (χ0) is 13.1. The monoisotopic (exact) mass is 247 g/mol. The van der Waals surface area contributed by atoms with Crippen LogP contribution in [-0.2, 0) is 11.2 Å². The molecular weight excluding hydrogens is 230 g/mol. The number of ether oxygens (including phenoxy) is 1. The molecule has 0 saturated heterocycles. The van der Waals surface area contributed by atoms with Crippen LogP contribution >= 0.6 is 0 Å². The van der Waals surface area contributed by atoms with Crippen LogP contribution in [0.4, 0.5) is 0 Å². The second kappa shape index (κ2) is 5.18. The van der Waals surface area contributed by atoms with E-state index in [4.69, 9.17) is 4.74 Å². The Bertz CT molecular complexity index is 560. The molecule has 0 aromatic carbocycles. The molecule has 0 spiro atoms. The number of carbonyl (C=O) groups is 1. The lowest BCUT2D eigenvalue weighted by atomic mass is 10.3. The van der Waals surface area contributed by atoms with Crippen LogP contribution in [0.25, 0.3) is 5.65 Å². The molecule has 18 heavy (non-hydrogen) atoms. The number of rotatable bonds is 4. The van der Waals surface area contributed by atoms with Crippen molar-refractivity contribution in [2.24, 2.45) is 0 Å². The van der Waals surface area contributed by atoms with Gasteiger partial charge in [-0.1, -0.05) is 0 Å². The Balaban J connectivity index is 2.35. The lowest BCUT2D eigenvalue weighted by Gasteiger charge is -2.06. The van der Waals surface area contributed by atoms with E-state index in [0.29, 0.717) is 11.2 Å². The minimum Gasteiger partial charge on any atom is -0.465 e. The first kappa shape index (κ1) is 12.6. The van der Waals surface area contributed by atoms with Gasteiger partial charge in [0.2, 0.25) is 0 Å². The highest BCUT2D eigenvalue weighted by molar-refractivity contribution is 5.95. The number of carbonyl (C=O) groups excluding carboxylic acids is 1. The van der Waals surface area contributed by atoms with Crippen molar-refractivity contribution < 1.29 is 9.53 Å². The summed E-state index contributed by atoms with van der Waals surface area (Å²) in [5.41, 5.74) is 2.12. The number of imidazole rings is 1. The largest absolute Gasteiger partial charge is 0.465 e. The van der Waals surface area contributed by atoms with E-state index in [0.717, 1.165) is 18.7 Å². The van der Waals surface area contributed by atoms with Crippen LogP contribution in [0, 0.1) is 0 Å². The molecule has 0 fully saturated rings. The molecule has 0 aliphatic rings. The summed E-state index contributed by atoms with van der Waals surface area (Å²) in [5.74, 6) is -0.356. The highest BCUT2D eigenvalue weighted by atomic mass is 16.5. The highest BCUT2D eigenvalue weighted by Crippen LogP contribution is 2.12. The van der Waals surface area contributed by atoms with E-state index in [-0.39, 0.29) is 5.97 Å². The Morgan fingerprint density at radius 1 is 1.50 bits per heavy atom. The second-order valence-corrected chi connectivity index (χ2v) is 4.43. The van der Waals surface area contributed by atoms with E-state index in [1.807, 2.05) is 37.0 Å². The maximum Gasteiger partial charge on any atom is 0.341 e. The number of fused-ring (bicyclic) bond motifs is 1. The van der Waals surface area contributed by atoms with Crippen molar-refractivity contribution >= 4 is 11.6 Å². The summed E-state index contributed by atoms with van der Waals surface area (Å²) in [5, 5.41) is 0. The minimum absolute atomic E-state index is 0.356. The molecule has 5 nitrogen and oxygen atoms in total. The van der Waals surface area contributed by atoms with Gasteiger partial charge in [-0.05, 0) is 26.2 Å². The fourth-order valence-corrected chi connectivity index (χ4v) is 1.79. The SMILES string of the molecule is COC(=O)c1cccn2cc(CCN(C)C)nc12. The lowest BCUT2D eigenvalue weighted by molar-refractivity contribution is 0.0602. The van der Waals surface area contributed by atoms with Crippen molar-refractivity contribution in [3.05, 3.63) is 35.8 Å². The molecule has 0 unspecified atom stereocenters. The molecule has 0 amide bonds. The number of methoxy groups -OCH3 is 1. The molecule has 2 heterocycles. The van der Waals surface area contributed by atoms with E-state index in [9.17, 15) is 4.79 Å². The number of hydrogen-bond acceptors (Lipinski definition) is 4. The van der Waals surface area contributed by atoms with Crippen LogP contribution in [0.1, 0.15) is 16.1 Å². The first-order valence-electron chi connectivity index (χ1n) is 5.81. The fraction of sp³-hybridized carbons (Fsp3) is 0.385. The first-order valence-corrected chi connectivity index (χ1v) is 5.81. The topological polar surface area (TPSA) is 46.8 Å². The van der Waals surface area contributed by atoms with Crippen LogP contribution in [-0.4, -0.2) is 48.0 Å². The van der Waals surface area contributed by atoms with E-state index < -0.39 is 0 Å². The average Bonchev–Trinajstić information content (AvgIpc) is 2.77. The number of likely N-dealkylation sites (N-methyl/N-ethyl adjacent to an activating group) is 1. The van der Waals surface area contributed by atoms with Gasteiger partial charge in [-0.25, -0.2) is 9.78 Å². The Morgan fingerprint density at radius 3 is 2.94 bits per heavy atom. The Kier molecular flexibility index (Phi) is 3.62. The zero-order valence-electron chi connectivity index (χ0n) is 10.9. The summed E-state index contributed by atoms with van der Waals surface area (Å²) in [7, 11) is 5.42. The fourth-order valence-electron chi connectivity index (χ4n) is 1.79. The van der Waals surface area contributed by atoms with Crippen molar-refractivity contribution in [1.29, 1.82) is 0 Å². The van der Waals surface area contributed by atoms with Gasteiger partial charge >= 0.3 is 5.97 Å². The van der Waals surface area contributed by atoms with Gasteiger partial charge < -0.3 is 14.0 Å². The average molecular weight is 247 g/mol. The van der Waals surface area contributed by atoms with Crippen molar-refractivity contribution in [2.75, 3.05) is 27.7 Å². The predicted octanol–water partition coefficient (Wildman–Crippen LogP) is 1.22. The standard InChI is InChI=1S/C13H17N3O2/c1-15(2)8-6-10-9-16-7-4-5-11(12(16)14-10)13(17)18-3/h4-5,7,9H,6,8H2,1-3H3. The zero-order valence-corrected chi connectivity index (χ0v) is 10.9. The molecule has 2 rings (SSSR count). The van der Waals surface area contributed by atoms with Gasteiger partial charge in [-0.3, -0.25) is 0 Å². The summed E-state index contributed by atoms with van der Waals surface area (Å²) in [4.78, 5) is 18.2. The number of nitrogens with zero attached hydrogens (tertiary/aromatic N) is 3. The van der Waals surface area contributed by atoms with E-state index >= 15 is 0 Å². The lowest BCUT2D eigenvalue weighted by Crippen LogP contribution is -2.15. The van der Waals surface area contributed by atoms with Crippen LogP contribution in [0.3, 0.4) is 0 Å². The first-order chi connectivity index (χ1) is 8.61. The normalized spacial score (nSPS) is 11.1. The van der Waals surface area contributed by atoms with Crippen molar-refractivity contribution in [1.82, 2.24) is 14.3 Å². The summed E-state index contributed by atoms with van der Waals surface area (Å²) < 4.78 is 6.61. The quantitative estimate of drug-likeness (QED) is 0.762. The third-order valence-electron chi connectivity index (χ3n) is 2.75. The molecule has 96 valence electrons. The molecule has 0 aliphatic heterocycles. The molecule has 0 N–H and O–H groups in total. The second-order valence-electron chi connectivity index (χ2n) is 4.43. The predicted molar refractivity (Wildman–Crippen MR) is 68.8 cm³/mol. The van der Waals surface area contributed by atoms with Crippen molar-refractivity contribution in [3.63, 3.8) is 0 Å². The van der Waals surface area contributed by atoms with Gasteiger partial charge in [0, 0.05) is 25.4 Å². The third kappa shape index (κ3) is 2.51. The van der Waals surface area contributed by atoms with Crippen molar-refractivity contribution in [3.8, 4) is 0 Å². The van der Waals surface area contributed by atoms with E-state index in [1.165, 1.54) is 7.11 Å². The Morgan fingerprint density at radius 2 is 2.28 bits per heavy atom. The molecule has 0 aliphatic carbocycles. The van der Waals surface area contributed by atoms with Crippen LogP contribution < -0.4 is 0 Å². The van der Waals surface area contributed by atoms with Crippen molar-refractivity contribution in [2.45, 2.75) is 6.42 Å². The number of aromatic nitrogens is 2. The molecule has 0 saturated carbocycles. The van der Waals surface area contributed by atoms with E-state index in [2.05, 4.69) is 9.88 Å². The molecule has 0 bridgehead atoms. The van der Waals surface area contributed by atoms with Crippen LogP contribution in [0.5, 0.6) is 0 Å². The molecule has 2 aromatic heterocycles. The number of pyridine rings is 1. The molecular formula is C13H17N3O2. The van der Waals surface area contributed by atoms with Crippen LogP contribution in [0.15, 0.2) is 24.5 Å². The van der Waals surface area contributed by atoms with Gasteiger partial charge in [-0.2, -0.15) is 0 Å². The summed E-state index contributed by atoms with van der Waals surface area (Å²) in [6.45, 7) is 0.928. The van der Waals surface area contributed by atoms with Gasteiger partial charge in [0.15, 0.2) is 5.65 Å². The maximum atomic E-state index is 11.6. The Hall–Kier alpha value is -1.88. The molecule has 5 heteroatoms. The third-order valence-corrected chi connectivity index (χ3v) is 2.75. The number of esters is 1. The highest BCUT2D eigenvalue weighted by Gasteiger charge is 2.13. The summed E-state index contributed by atoms with van der Waals surface area (Å²) >= 11 is 0. The molecule has 2 aromatic rings. The minimum atomic E-state index is -0.356. The smallest absolute Gasteiger partial charge is 0.341 e. The summed E-state index contributed by atoms with van der Waals surface area (Å²) in [6.07, 6.45) is 4.69. The summed E-state index contributed by atoms with van der Waals surface area (Å²) in [6, 6.07) is 3.54. The van der Waals surface area contributed by atoms with Gasteiger partial charge in [0.1, 0.15) is 5.56 Å². The Labute approximate surface area is 106 Å². The van der Waals surface area contributed by atoms with Gasteiger partial charge in [0.05, 0.1) is 12.8 Å². The van der Waals surface area contributed by atoms with Gasteiger partial charge in [0.25, 0.3) is 0 Å². The van der Waals surface area contributed by atoms with Gasteiger partial charge in [-0.15, -0.1) is 0 Å². The van der Waals surface area contributed by atoms with E-state index in [1.54, 1.807) is 6.07 Å².